The van der Waals surface area contributed by atoms with Crippen molar-refractivity contribution in [3.05, 3.63) is 69.6 Å². The van der Waals surface area contributed by atoms with Gasteiger partial charge in [-0.15, -0.1) is 0 Å². The Labute approximate surface area is 124 Å². The fourth-order valence-corrected chi connectivity index (χ4v) is 1.88. The minimum atomic E-state index is -4.65. The number of rotatable bonds is 4. The van der Waals surface area contributed by atoms with Crippen molar-refractivity contribution in [3.8, 4) is 0 Å². The zero-order valence-electron chi connectivity index (χ0n) is 11.4. The van der Waals surface area contributed by atoms with E-state index in [1.807, 2.05) is 30.3 Å². The quantitative estimate of drug-likeness (QED) is 0.910. The second kappa shape index (κ2) is 6.46. The molecule has 0 radical (unpaired) electrons. The molecule has 7 heteroatoms. The van der Waals surface area contributed by atoms with Gasteiger partial charge >= 0.3 is 6.18 Å². The zero-order chi connectivity index (χ0) is 16.2. The molecule has 0 aliphatic carbocycles. The summed E-state index contributed by atoms with van der Waals surface area (Å²) in [6.07, 6.45) is -4.09. The molecule has 0 unspecified atom stereocenters. The van der Waals surface area contributed by atoms with Crippen LogP contribution in [-0.4, -0.2) is 17.4 Å². The lowest BCUT2D eigenvalue weighted by Gasteiger charge is -2.08. The Kier molecular flexibility index (Phi) is 4.65. The number of nitrogens with one attached hydrogen (secondary N) is 2. The predicted octanol–water partition coefficient (Wildman–Crippen LogP) is 2.37. The highest BCUT2D eigenvalue weighted by Crippen LogP contribution is 2.26. The normalized spacial score (nSPS) is 11.2. The van der Waals surface area contributed by atoms with Crippen molar-refractivity contribution >= 4 is 5.91 Å². The zero-order valence-corrected chi connectivity index (χ0v) is 11.4. The third-order valence-electron chi connectivity index (χ3n) is 3.00. The summed E-state index contributed by atoms with van der Waals surface area (Å²) >= 11 is 0. The molecule has 0 aliphatic heterocycles. The number of carbonyl (C=O) groups is 1. The molecule has 1 amide bonds. The minimum absolute atomic E-state index is 0.281. The number of benzene rings is 1. The fourth-order valence-electron chi connectivity index (χ4n) is 1.88. The van der Waals surface area contributed by atoms with Crippen molar-refractivity contribution in [1.82, 2.24) is 10.3 Å². The van der Waals surface area contributed by atoms with Crippen LogP contribution in [0, 0.1) is 0 Å². The number of aromatic amines is 1. The summed E-state index contributed by atoms with van der Waals surface area (Å²) in [5, 5.41) is 2.51. The van der Waals surface area contributed by atoms with Crippen molar-refractivity contribution < 1.29 is 18.0 Å². The molecule has 2 N–H and O–H groups in total. The average Bonchev–Trinajstić information content (AvgIpc) is 2.47. The predicted molar refractivity (Wildman–Crippen MR) is 74.5 cm³/mol. The van der Waals surface area contributed by atoms with Gasteiger partial charge < -0.3 is 10.3 Å². The van der Waals surface area contributed by atoms with E-state index in [2.05, 4.69) is 5.32 Å². The number of alkyl halides is 3. The number of H-pyrrole nitrogens is 1. The molecule has 1 heterocycles. The highest BCUT2D eigenvalue weighted by molar-refractivity contribution is 5.93. The summed E-state index contributed by atoms with van der Waals surface area (Å²) in [5.41, 5.74) is -1.59. The second-order valence-corrected chi connectivity index (χ2v) is 4.60. The Morgan fingerprint density at radius 2 is 1.77 bits per heavy atom. The SMILES string of the molecule is O=C(NCCc1ccccc1)c1ccc(C(F)(F)F)[nH]c1=O. The van der Waals surface area contributed by atoms with Gasteiger partial charge in [0.1, 0.15) is 11.3 Å². The van der Waals surface area contributed by atoms with Gasteiger partial charge in [-0.2, -0.15) is 13.2 Å². The van der Waals surface area contributed by atoms with Crippen LogP contribution in [0.3, 0.4) is 0 Å². The van der Waals surface area contributed by atoms with Crippen molar-refractivity contribution in [2.45, 2.75) is 12.6 Å². The molecular formula is C15H13F3N2O2. The number of carbonyl (C=O) groups excluding carboxylic acids is 1. The van der Waals surface area contributed by atoms with E-state index in [4.69, 9.17) is 0 Å². The molecule has 0 spiro atoms. The summed E-state index contributed by atoms with van der Waals surface area (Å²) < 4.78 is 37.3. The first kappa shape index (κ1) is 15.8. The van der Waals surface area contributed by atoms with E-state index in [-0.39, 0.29) is 12.1 Å². The van der Waals surface area contributed by atoms with Crippen LogP contribution < -0.4 is 10.9 Å². The molecule has 116 valence electrons. The van der Waals surface area contributed by atoms with Gasteiger partial charge in [-0.05, 0) is 24.1 Å². The minimum Gasteiger partial charge on any atom is -0.352 e. The average molecular weight is 310 g/mol. The van der Waals surface area contributed by atoms with E-state index in [9.17, 15) is 22.8 Å². The largest absolute Gasteiger partial charge is 0.431 e. The van der Waals surface area contributed by atoms with Gasteiger partial charge in [0.15, 0.2) is 0 Å². The van der Waals surface area contributed by atoms with Crippen LogP contribution in [0.15, 0.2) is 47.3 Å². The van der Waals surface area contributed by atoms with Gasteiger partial charge in [0.25, 0.3) is 11.5 Å². The number of hydrogen-bond donors (Lipinski definition) is 2. The van der Waals surface area contributed by atoms with E-state index >= 15 is 0 Å². The summed E-state index contributed by atoms with van der Waals surface area (Å²) in [4.78, 5) is 25.0. The van der Waals surface area contributed by atoms with E-state index < -0.39 is 23.3 Å². The van der Waals surface area contributed by atoms with E-state index in [1.165, 1.54) is 0 Å². The van der Waals surface area contributed by atoms with Crippen LogP contribution in [0.5, 0.6) is 0 Å². The summed E-state index contributed by atoms with van der Waals surface area (Å²) in [7, 11) is 0. The van der Waals surface area contributed by atoms with E-state index in [0.717, 1.165) is 11.6 Å². The molecule has 0 atom stereocenters. The Bertz CT molecular complexity index is 709. The van der Waals surface area contributed by atoms with Gasteiger partial charge in [-0.3, -0.25) is 9.59 Å². The van der Waals surface area contributed by atoms with Crippen molar-refractivity contribution in [1.29, 1.82) is 0 Å². The molecule has 22 heavy (non-hydrogen) atoms. The molecule has 1 aromatic heterocycles. The van der Waals surface area contributed by atoms with Crippen LogP contribution in [0.4, 0.5) is 13.2 Å². The lowest BCUT2D eigenvalue weighted by molar-refractivity contribution is -0.141. The topological polar surface area (TPSA) is 62.0 Å². The van der Waals surface area contributed by atoms with Gasteiger partial charge in [0, 0.05) is 6.54 Å². The maximum atomic E-state index is 12.4. The smallest absolute Gasteiger partial charge is 0.352 e. The van der Waals surface area contributed by atoms with E-state index in [1.54, 1.807) is 4.98 Å². The molecule has 0 fully saturated rings. The van der Waals surface area contributed by atoms with Gasteiger partial charge in [0.05, 0.1) is 0 Å². The first-order chi connectivity index (χ1) is 10.4. The van der Waals surface area contributed by atoms with Crippen LogP contribution >= 0.6 is 0 Å². The van der Waals surface area contributed by atoms with Crippen LogP contribution in [0.1, 0.15) is 21.6 Å². The second-order valence-electron chi connectivity index (χ2n) is 4.60. The Morgan fingerprint density at radius 3 is 2.36 bits per heavy atom. The van der Waals surface area contributed by atoms with Gasteiger partial charge in [0.2, 0.25) is 0 Å². The maximum absolute atomic E-state index is 12.4. The fraction of sp³-hybridized carbons (Fsp3) is 0.200. The number of halogens is 3. The monoisotopic (exact) mass is 310 g/mol. The van der Waals surface area contributed by atoms with Crippen LogP contribution in [0.25, 0.3) is 0 Å². The van der Waals surface area contributed by atoms with Crippen LogP contribution in [-0.2, 0) is 12.6 Å². The molecule has 0 saturated carbocycles. The lowest BCUT2D eigenvalue weighted by atomic mass is 10.1. The molecule has 1 aromatic carbocycles. The Hall–Kier alpha value is -2.57. The molecule has 2 aromatic rings. The summed E-state index contributed by atoms with van der Waals surface area (Å²) in [6.45, 7) is 0.281. The Balaban J connectivity index is 2.00. The first-order valence-electron chi connectivity index (χ1n) is 6.50. The lowest BCUT2D eigenvalue weighted by Crippen LogP contribution is -2.32. The van der Waals surface area contributed by atoms with E-state index in [0.29, 0.717) is 12.5 Å². The van der Waals surface area contributed by atoms with Gasteiger partial charge in [-0.25, -0.2) is 0 Å². The van der Waals surface area contributed by atoms with Crippen molar-refractivity contribution in [2.75, 3.05) is 6.54 Å². The van der Waals surface area contributed by atoms with Crippen LogP contribution in [0.2, 0.25) is 0 Å². The first-order valence-corrected chi connectivity index (χ1v) is 6.50. The molecular weight excluding hydrogens is 297 g/mol. The van der Waals surface area contributed by atoms with Crippen molar-refractivity contribution in [2.24, 2.45) is 0 Å². The number of hydrogen-bond acceptors (Lipinski definition) is 2. The number of amides is 1. The Morgan fingerprint density at radius 1 is 1.09 bits per heavy atom. The summed E-state index contributed by atoms with van der Waals surface area (Å²) in [5.74, 6) is -0.703. The highest BCUT2D eigenvalue weighted by Gasteiger charge is 2.32. The number of pyridine rings is 1. The molecule has 0 saturated heterocycles. The van der Waals surface area contributed by atoms with Crippen molar-refractivity contribution in [3.63, 3.8) is 0 Å². The van der Waals surface area contributed by atoms with Gasteiger partial charge in [-0.1, -0.05) is 30.3 Å². The molecule has 0 aliphatic rings. The molecule has 0 bridgehead atoms. The number of aromatic nitrogens is 1. The molecule has 4 nitrogen and oxygen atoms in total. The third-order valence-corrected chi connectivity index (χ3v) is 3.00. The maximum Gasteiger partial charge on any atom is 0.431 e. The standard InChI is InChI=1S/C15H13F3N2O2/c16-15(17,18)12-7-6-11(14(22)20-12)13(21)19-9-8-10-4-2-1-3-5-10/h1-7H,8-9H2,(H,19,21)(H,20,22). The summed E-state index contributed by atoms with van der Waals surface area (Å²) in [6, 6.07) is 10.9. The highest BCUT2D eigenvalue weighted by atomic mass is 19.4. The third kappa shape index (κ3) is 3.97. The molecule has 2 rings (SSSR count).